The Morgan fingerprint density at radius 2 is 2.05 bits per heavy atom. The Bertz CT molecular complexity index is 648. The minimum Gasteiger partial charge on any atom is -0.304 e. The molecule has 0 unspecified atom stereocenters. The fourth-order valence-electron chi connectivity index (χ4n) is 2.21. The van der Waals surface area contributed by atoms with E-state index < -0.39 is 0 Å². The number of hydrogen-bond acceptors (Lipinski definition) is 4. The van der Waals surface area contributed by atoms with Gasteiger partial charge in [-0.25, -0.2) is 9.97 Å². The van der Waals surface area contributed by atoms with Crippen molar-refractivity contribution in [1.29, 1.82) is 0 Å². The van der Waals surface area contributed by atoms with Crippen molar-refractivity contribution in [2.75, 3.05) is 5.32 Å². The molecule has 0 bridgehead atoms. The summed E-state index contributed by atoms with van der Waals surface area (Å²) in [5.41, 5.74) is 1.29. The van der Waals surface area contributed by atoms with E-state index in [4.69, 9.17) is 23.2 Å². The van der Waals surface area contributed by atoms with E-state index in [2.05, 4.69) is 15.3 Å². The van der Waals surface area contributed by atoms with Crippen molar-refractivity contribution in [2.45, 2.75) is 25.7 Å². The molecule has 0 saturated carbocycles. The lowest BCUT2D eigenvalue weighted by molar-refractivity contribution is 0.103. The highest BCUT2D eigenvalue weighted by Gasteiger charge is 2.18. The summed E-state index contributed by atoms with van der Waals surface area (Å²) >= 11 is 13.3. The number of rotatable bonds is 2. The van der Waals surface area contributed by atoms with E-state index in [1.807, 2.05) is 6.07 Å². The van der Waals surface area contributed by atoms with Crippen molar-refractivity contribution in [3.05, 3.63) is 37.9 Å². The SMILES string of the molecule is O=C(Nc1ncnc(Cl)c1Cl)c1cc2c(s1)CCCC2. The van der Waals surface area contributed by atoms with Crippen LogP contribution in [0, 0.1) is 0 Å². The van der Waals surface area contributed by atoms with Gasteiger partial charge in [0.15, 0.2) is 11.0 Å². The highest BCUT2D eigenvalue weighted by Crippen LogP contribution is 2.31. The number of anilines is 1. The predicted molar refractivity (Wildman–Crippen MR) is 81.0 cm³/mol. The van der Waals surface area contributed by atoms with Gasteiger partial charge in [-0.1, -0.05) is 23.2 Å². The fraction of sp³-hybridized carbons (Fsp3) is 0.308. The average Bonchev–Trinajstić information content (AvgIpc) is 2.88. The molecule has 0 saturated heterocycles. The molecule has 4 nitrogen and oxygen atoms in total. The number of fused-ring (bicyclic) bond motifs is 1. The van der Waals surface area contributed by atoms with Crippen LogP contribution in [0.25, 0.3) is 0 Å². The Balaban J connectivity index is 1.82. The molecule has 104 valence electrons. The van der Waals surface area contributed by atoms with Gasteiger partial charge in [0.2, 0.25) is 0 Å². The minimum absolute atomic E-state index is 0.127. The van der Waals surface area contributed by atoms with Crippen molar-refractivity contribution >= 4 is 46.3 Å². The summed E-state index contributed by atoms with van der Waals surface area (Å²) < 4.78 is 0. The zero-order chi connectivity index (χ0) is 14.1. The third kappa shape index (κ3) is 2.66. The van der Waals surface area contributed by atoms with Crippen molar-refractivity contribution in [3.63, 3.8) is 0 Å². The minimum atomic E-state index is -0.207. The third-order valence-electron chi connectivity index (χ3n) is 3.20. The van der Waals surface area contributed by atoms with Crippen molar-refractivity contribution in [1.82, 2.24) is 9.97 Å². The molecule has 1 aliphatic rings. The van der Waals surface area contributed by atoms with Crippen LogP contribution in [0.15, 0.2) is 12.4 Å². The van der Waals surface area contributed by atoms with E-state index in [0.29, 0.717) is 4.88 Å². The van der Waals surface area contributed by atoms with Crippen molar-refractivity contribution in [3.8, 4) is 0 Å². The maximum Gasteiger partial charge on any atom is 0.266 e. The molecule has 0 aliphatic heterocycles. The molecule has 0 aromatic carbocycles. The number of hydrogen-bond donors (Lipinski definition) is 1. The Morgan fingerprint density at radius 3 is 2.85 bits per heavy atom. The van der Waals surface area contributed by atoms with Gasteiger partial charge in [0.25, 0.3) is 5.91 Å². The van der Waals surface area contributed by atoms with E-state index in [0.717, 1.165) is 12.8 Å². The normalized spacial score (nSPS) is 13.9. The summed E-state index contributed by atoms with van der Waals surface area (Å²) in [4.78, 5) is 21.9. The summed E-state index contributed by atoms with van der Waals surface area (Å²) in [6.07, 6.45) is 5.77. The van der Waals surface area contributed by atoms with Crippen LogP contribution in [0.4, 0.5) is 5.82 Å². The fourth-order valence-corrected chi connectivity index (χ4v) is 3.63. The molecule has 0 fully saturated rings. The van der Waals surface area contributed by atoms with Crippen LogP contribution >= 0.6 is 34.5 Å². The van der Waals surface area contributed by atoms with Crippen molar-refractivity contribution < 1.29 is 4.79 Å². The molecule has 2 aromatic heterocycles. The van der Waals surface area contributed by atoms with Gasteiger partial charge in [-0.3, -0.25) is 4.79 Å². The molecule has 0 atom stereocenters. The monoisotopic (exact) mass is 327 g/mol. The molecule has 1 N–H and O–H groups in total. The Hall–Kier alpha value is -1.17. The van der Waals surface area contributed by atoms with Crippen LogP contribution in [-0.4, -0.2) is 15.9 Å². The maximum atomic E-state index is 12.2. The second-order valence-corrected chi connectivity index (χ2v) is 6.42. The molecule has 0 radical (unpaired) electrons. The molecule has 2 heterocycles. The highest BCUT2D eigenvalue weighted by molar-refractivity contribution is 7.14. The quantitative estimate of drug-likeness (QED) is 0.849. The number of nitrogens with zero attached hydrogens (tertiary/aromatic N) is 2. The van der Waals surface area contributed by atoms with Gasteiger partial charge in [0.05, 0.1) is 4.88 Å². The van der Waals surface area contributed by atoms with Gasteiger partial charge in [0.1, 0.15) is 11.3 Å². The number of thiophene rings is 1. The Kier molecular flexibility index (Phi) is 3.92. The highest BCUT2D eigenvalue weighted by atomic mass is 35.5. The largest absolute Gasteiger partial charge is 0.304 e. The molecule has 0 spiro atoms. The molecule has 20 heavy (non-hydrogen) atoms. The summed E-state index contributed by atoms with van der Waals surface area (Å²) in [6, 6.07) is 1.96. The molecule has 1 amide bonds. The second-order valence-electron chi connectivity index (χ2n) is 4.55. The lowest BCUT2D eigenvalue weighted by Crippen LogP contribution is -2.12. The lowest BCUT2D eigenvalue weighted by atomic mass is 9.99. The van der Waals surface area contributed by atoms with E-state index in [1.54, 1.807) is 11.3 Å². The van der Waals surface area contributed by atoms with E-state index in [9.17, 15) is 4.79 Å². The number of carbonyl (C=O) groups excluding carboxylic acids is 1. The topological polar surface area (TPSA) is 54.9 Å². The predicted octanol–water partition coefficient (Wildman–Crippen LogP) is 3.98. The summed E-state index contributed by atoms with van der Waals surface area (Å²) in [7, 11) is 0. The smallest absolute Gasteiger partial charge is 0.266 e. The number of amides is 1. The molecule has 1 aliphatic carbocycles. The molecule has 3 rings (SSSR count). The van der Waals surface area contributed by atoms with E-state index >= 15 is 0 Å². The first-order valence-corrected chi connectivity index (χ1v) is 7.81. The zero-order valence-corrected chi connectivity index (χ0v) is 12.8. The molecule has 7 heteroatoms. The Labute approximate surface area is 130 Å². The number of aromatic nitrogens is 2. The average molecular weight is 328 g/mol. The van der Waals surface area contributed by atoms with Gasteiger partial charge in [-0.15, -0.1) is 11.3 Å². The third-order valence-corrected chi connectivity index (χ3v) is 5.18. The summed E-state index contributed by atoms with van der Waals surface area (Å²) in [6.45, 7) is 0. The Morgan fingerprint density at radius 1 is 1.25 bits per heavy atom. The number of halogens is 2. The first kappa shape index (κ1) is 13.8. The number of carbonyl (C=O) groups is 1. The second kappa shape index (κ2) is 5.68. The number of nitrogens with one attached hydrogen (secondary N) is 1. The zero-order valence-electron chi connectivity index (χ0n) is 10.4. The molecular weight excluding hydrogens is 317 g/mol. The van der Waals surface area contributed by atoms with Crippen LogP contribution in [0.3, 0.4) is 0 Å². The standard InChI is InChI=1S/C13H11Cl2N3OS/c14-10-11(15)16-6-17-12(10)18-13(19)9-5-7-3-1-2-4-8(7)20-9/h5-6H,1-4H2,(H,16,17,18,19). The van der Waals surface area contributed by atoms with Gasteiger partial charge >= 0.3 is 0 Å². The van der Waals surface area contributed by atoms with E-state index in [-0.39, 0.29) is 21.9 Å². The van der Waals surface area contributed by atoms with Crippen LogP contribution in [-0.2, 0) is 12.8 Å². The summed E-state index contributed by atoms with van der Waals surface area (Å²) in [5.74, 6) is 0.0316. The van der Waals surface area contributed by atoms with Gasteiger partial charge in [0, 0.05) is 4.88 Å². The van der Waals surface area contributed by atoms with Gasteiger partial charge in [-0.2, -0.15) is 0 Å². The first-order valence-electron chi connectivity index (χ1n) is 6.24. The van der Waals surface area contributed by atoms with Crippen molar-refractivity contribution in [2.24, 2.45) is 0 Å². The summed E-state index contributed by atoms with van der Waals surface area (Å²) in [5, 5.41) is 2.96. The lowest BCUT2D eigenvalue weighted by Gasteiger charge is -2.08. The van der Waals surface area contributed by atoms with Crippen LogP contribution < -0.4 is 5.32 Å². The van der Waals surface area contributed by atoms with Gasteiger partial charge < -0.3 is 5.32 Å². The maximum absolute atomic E-state index is 12.2. The van der Waals surface area contributed by atoms with E-state index in [1.165, 1.54) is 29.6 Å². The number of aryl methyl sites for hydroxylation is 2. The van der Waals surface area contributed by atoms with Crippen LogP contribution in [0.5, 0.6) is 0 Å². The van der Waals surface area contributed by atoms with Gasteiger partial charge in [-0.05, 0) is 37.3 Å². The molecular formula is C13H11Cl2N3OS. The first-order chi connectivity index (χ1) is 9.65. The van der Waals surface area contributed by atoms with Crippen LogP contribution in [0.1, 0.15) is 33.0 Å². The van der Waals surface area contributed by atoms with Crippen LogP contribution in [0.2, 0.25) is 10.2 Å². The molecule has 2 aromatic rings.